The predicted molar refractivity (Wildman–Crippen MR) is 42.8 cm³/mol. The van der Waals surface area contributed by atoms with Crippen molar-refractivity contribution < 1.29 is 18.7 Å². The molecule has 0 aromatic carbocycles. The third-order valence-electron chi connectivity index (χ3n) is 1.71. The second kappa shape index (κ2) is 4.21. The Kier molecular flexibility index (Phi) is 4.26. The van der Waals surface area contributed by atoms with Crippen LogP contribution in [-0.2, 0) is 13.6 Å². The van der Waals surface area contributed by atoms with Gasteiger partial charge in [-0.3, -0.25) is 4.57 Å². The number of hydrogen-bond acceptors (Lipinski definition) is 4. The van der Waals surface area contributed by atoms with Crippen LogP contribution in [0.15, 0.2) is 0 Å². The van der Waals surface area contributed by atoms with Crippen LogP contribution in [0.25, 0.3) is 0 Å². The average molecular weight is 182 g/mol. The molecule has 0 heterocycles. The fraction of sp³-hybridized carbons (Fsp3) is 1.00. The Labute approximate surface area is 67.0 Å². The summed E-state index contributed by atoms with van der Waals surface area (Å²) in [4.78, 5) is 0. The number of aliphatic hydroxyl groups excluding tert-OH is 1. The van der Waals surface area contributed by atoms with Gasteiger partial charge in [-0.25, -0.2) is 0 Å². The zero-order chi connectivity index (χ0) is 9.07. The summed E-state index contributed by atoms with van der Waals surface area (Å²) in [6, 6.07) is 0. The molecule has 0 aliphatic carbocycles. The third-order valence-corrected chi connectivity index (χ3v) is 4.15. The molecule has 0 fully saturated rings. The lowest BCUT2D eigenvalue weighted by Crippen LogP contribution is -2.20. The average Bonchev–Trinajstić information content (AvgIpc) is 2.01. The Morgan fingerprint density at radius 1 is 1.27 bits per heavy atom. The highest BCUT2D eigenvalue weighted by Gasteiger charge is 2.33. The Bertz CT molecular complexity index is 149. The van der Waals surface area contributed by atoms with E-state index in [4.69, 9.17) is 5.11 Å². The van der Waals surface area contributed by atoms with Crippen molar-refractivity contribution >= 4 is 7.60 Å². The van der Waals surface area contributed by atoms with E-state index in [1.807, 2.05) is 0 Å². The van der Waals surface area contributed by atoms with Crippen LogP contribution < -0.4 is 0 Å². The van der Waals surface area contributed by atoms with Crippen molar-refractivity contribution in [3.05, 3.63) is 0 Å². The van der Waals surface area contributed by atoms with Gasteiger partial charge in [0.1, 0.15) is 0 Å². The summed E-state index contributed by atoms with van der Waals surface area (Å²) in [6.07, 6.45) is -0.694. The molecule has 11 heavy (non-hydrogen) atoms. The summed E-state index contributed by atoms with van der Waals surface area (Å²) < 4.78 is 20.9. The molecule has 0 saturated carbocycles. The van der Waals surface area contributed by atoms with E-state index in [1.165, 1.54) is 14.2 Å². The van der Waals surface area contributed by atoms with Gasteiger partial charge in [-0.2, -0.15) is 0 Å². The minimum Gasteiger partial charge on any atom is -0.392 e. The number of aliphatic hydroxyl groups is 1. The maximum Gasteiger partial charge on any atom is 0.335 e. The van der Waals surface area contributed by atoms with Gasteiger partial charge in [-0.05, 0) is 13.8 Å². The topological polar surface area (TPSA) is 55.8 Å². The molecule has 0 aliphatic rings. The zero-order valence-electron chi connectivity index (χ0n) is 7.27. The molecule has 5 heteroatoms. The summed E-state index contributed by atoms with van der Waals surface area (Å²) in [6.45, 7) is 3.17. The monoisotopic (exact) mass is 182 g/mol. The first-order chi connectivity index (χ1) is 4.98. The minimum atomic E-state index is -3.08. The fourth-order valence-corrected chi connectivity index (χ4v) is 2.01. The highest BCUT2D eigenvalue weighted by atomic mass is 31.2. The Hall–Kier alpha value is 0.110. The van der Waals surface area contributed by atoms with Gasteiger partial charge in [0.05, 0.1) is 11.8 Å². The Morgan fingerprint density at radius 3 is 1.73 bits per heavy atom. The summed E-state index contributed by atoms with van der Waals surface area (Å²) >= 11 is 0. The second-order valence-corrected chi connectivity index (χ2v) is 5.01. The Morgan fingerprint density at radius 2 is 1.64 bits per heavy atom. The predicted octanol–water partition coefficient (Wildman–Crippen LogP) is 1.24. The molecule has 2 atom stereocenters. The van der Waals surface area contributed by atoms with Crippen LogP contribution in [0.1, 0.15) is 13.8 Å². The van der Waals surface area contributed by atoms with Crippen LogP contribution in [0, 0.1) is 0 Å². The second-order valence-electron chi connectivity index (χ2n) is 2.39. The molecule has 0 aromatic rings. The lowest BCUT2D eigenvalue weighted by atomic mass is 10.3. The SMILES string of the molecule is COP(=O)(OC)C(C)C(C)O. The fourth-order valence-electron chi connectivity index (χ4n) is 0.671. The van der Waals surface area contributed by atoms with Crippen LogP contribution in [0.4, 0.5) is 0 Å². The maximum absolute atomic E-state index is 11.5. The maximum atomic E-state index is 11.5. The molecule has 0 bridgehead atoms. The molecule has 0 amide bonds. The lowest BCUT2D eigenvalue weighted by Gasteiger charge is -2.22. The van der Waals surface area contributed by atoms with E-state index in [-0.39, 0.29) is 0 Å². The Balaban J connectivity index is 4.38. The van der Waals surface area contributed by atoms with Gasteiger partial charge in [0, 0.05) is 14.2 Å². The van der Waals surface area contributed by atoms with Gasteiger partial charge >= 0.3 is 7.60 Å². The van der Waals surface area contributed by atoms with Crippen molar-refractivity contribution in [2.75, 3.05) is 14.2 Å². The molecule has 0 aliphatic heterocycles. The van der Waals surface area contributed by atoms with Crippen LogP contribution in [0.5, 0.6) is 0 Å². The van der Waals surface area contributed by atoms with E-state index in [0.717, 1.165) is 0 Å². The van der Waals surface area contributed by atoms with Crippen molar-refractivity contribution in [2.45, 2.75) is 25.6 Å². The molecule has 0 radical (unpaired) electrons. The smallest absolute Gasteiger partial charge is 0.335 e. The van der Waals surface area contributed by atoms with E-state index in [0.29, 0.717) is 0 Å². The highest BCUT2D eigenvalue weighted by molar-refractivity contribution is 7.54. The van der Waals surface area contributed by atoms with Crippen molar-refractivity contribution in [3.8, 4) is 0 Å². The molecular weight excluding hydrogens is 167 g/mol. The summed E-state index contributed by atoms with van der Waals surface area (Å²) in [5.41, 5.74) is -0.488. The molecule has 0 rings (SSSR count). The summed E-state index contributed by atoms with van der Waals surface area (Å²) in [7, 11) is -0.461. The molecule has 1 N–H and O–H groups in total. The van der Waals surface area contributed by atoms with Crippen molar-refractivity contribution in [1.82, 2.24) is 0 Å². The lowest BCUT2D eigenvalue weighted by molar-refractivity contribution is 0.169. The summed E-state index contributed by atoms with van der Waals surface area (Å²) in [5, 5.41) is 9.09. The third kappa shape index (κ3) is 2.56. The zero-order valence-corrected chi connectivity index (χ0v) is 8.17. The standard InChI is InChI=1S/C6H15O4P/c1-5(7)6(2)11(8,9-3)10-4/h5-7H,1-4H3. The van der Waals surface area contributed by atoms with Crippen LogP contribution in [0.3, 0.4) is 0 Å². The molecule has 0 saturated heterocycles. The van der Waals surface area contributed by atoms with Gasteiger partial charge in [-0.1, -0.05) is 0 Å². The van der Waals surface area contributed by atoms with Gasteiger partial charge in [0.15, 0.2) is 0 Å². The first-order valence-electron chi connectivity index (χ1n) is 3.37. The normalized spacial score (nSPS) is 17.9. The number of hydrogen-bond donors (Lipinski definition) is 1. The van der Waals surface area contributed by atoms with E-state index in [1.54, 1.807) is 13.8 Å². The van der Waals surface area contributed by atoms with Gasteiger partial charge < -0.3 is 14.2 Å². The van der Waals surface area contributed by atoms with Crippen LogP contribution in [-0.4, -0.2) is 31.1 Å². The van der Waals surface area contributed by atoms with E-state index < -0.39 is 19.4 Å². The first kappa shape index (κ1) is 11.1. The van der Waals surface area contributed by atoms with Crippen molar-refractivity contribution in [3.63, 3.8) is 0 Å². The molecule has 0 spiro atoms. The molecule has 0 aromatic heterocycles. The largest absolute Gasteiger partial charge is 0.392 e. The first-order valence-corrected chi connectivity index (χ1v) is 4.98. The molecule has 68 valence electrons. The number of rotatable bonds is 4. The highest BCUT2D eigenvalue weighted by Crippen LogP contribution is 2.52. The van der Waals surface area contributed by atoms with Crippen molar-refractivity contribution in [1.29, 1.82) is 0 Å². The molecular formula is C6H15O4P. The molecule has 4 nitrogen and oxygen atoms in total. The van der Waals surface area contributed by atoms with E-state index >= 15 is 0 Å². The summed E-state index contributed by atoms with van der Waals surface area (Å²) in [5.74, 6) is 0. The van der Waals surface area contributed by atoms with E-state index in [2.05, 4.69) is 9.05 Å². The molecule has 2 unspecified atom stereocenters. The van der Waals surface area contributed by atoms with Crippen LogP contribution >= 0.6 is 7.60 Å². The van der Waals surface area contributed by atoms with Gasteiger partial charge in [-0.15, -0.1) is 0 Å². The van der Waals surface area contributed by atoms with E-state index in [9.17, 15) is 4.57 Å². The van der Waals surface area contributed by atoms with Gasteiger partial charge in [0.25, 0.3) is 0 Å². The van der Waals surface area contributed by atoms with Gasteiger partial charge in [0.2, 0.25) is 0 Å². The minimum absolute atomic E-state index is 0.488. The van der Waals surface area contributed by atoms with Crippen molar-refractivity contribution in [2.24, 2.45) is 0 Å². The van der Waals surface area contributed by atoms with Crippen LogP contribution in [0.2, 0.25) is 0 Å². The quantitative estimate of drug-likeness (QED) is 0.664.